The molecule has 1 amide bonds. The van der Waals surface area contributed by atoms with Gasteiger partial charge in [0.25, 0.3) is 5.91 Å². The first-order valence-corrected chi connectivity index (χ1v) is 7.30. The number of carbonyl (C=O) groups excluding carboxylic acids is 1. The third kappa shape index (κ3) is 4.03. The Labute approximate surface area is 125 Å². The van der Waals surface area contributed by atoms with E-state index in [1.54, 1.807) is 18.3 Å². The van der Waals surface area contributed by atoms with Crippen LogP contribution >= 0.6 is 0 Å². The number of nitrogens with two attached hydrogens (primary N) is 1. The lowest BCUT2D eigenvalue weighted by Gasteiger charge is -2.32. The van der Waals surface area contributed by atoms with Gasteiger partial charge in [-0.2, -0.15) is 0 Å². The fourth-order valence-electron chi connectivity index (χ4n) is 2.64. The van der Waals surface area contributed by atoms with Crippen molar-refractivity contribution < 1.29 is 9.90 Å². The van der Waals surface area contributed by atoms with Crippen LogP contribution in [0.5, 0.6) is 0 Å². The van der Waals surface area contributed by atoms with Gasteiger partial charge >= 0.3 is 0 Å². The first-order valence-electron chi connectivity index (χ1n) is 7.30. The topological polar surface area (TPSA) is 79.5 Å². The number of aliphatic hydroxyl groups is 1. The molecule has 1 fully saturated rings. The highest BCUT2D eigenvalue weighted by atomic mass is 16.3. The monoisotopic (exact) mass is 287 g/mol. The Balaban J connectivity index is 2.16. The van der Waals surface area contributed by atoms with Crippen molar-refractivity contribution in [2.24, 2.45) is 11.7 Å². The largest absolute Gasteiger partial charge is 0.396 e. The van der Waals surface area contributed by atoms with Crippen LogP contribution in [0.15, 0.2) is 18.3 Å². The average Bonchev–Trinajstić information content (AvgIpc) is 2.53. The van der Waals surface area contributed by atoms with Gasteiger partial charge in [-0.05, 0) is 37.3 Å². The van der Waals surface area contributed by atoms with Gasteiger partial charge in [-0.25, -0.2) is 4.98 Å². The molecule has 0 bridgehead atoms. The molecular formula is C16H21N3O2. The summed E-state index contributed by atoms with van der Waals surface area (Å²) in [5.74, 6) is 5.96. The maximum atomic E-state index is 12.6. The van der Waals surface area contributed by atoms with Crippen LogP contribution in [0.2, 0.25) is 0 Å². The minimum Gasteiger partial charge on any atom is -0.396 e. The molecule has 1 saturated heterocycles. The molecule has 112 valence electrons. The van der Waals surface area contributed by atoms with Gasteiger partial charge in [-0.15, -0.1) is 0 Å². The number of hydrogen-bond acceptors (Lipinski definition) is 4. The van der Waals surface area contributed by atoms with E-state index in [0.717, 1.165) is 25.8 Å². The van der Waals surface area contributed by atoms with Crippen LogP contribution in [0.3, 0.4) is 0 Å². The summed E-state index contributed by atoms with van der Waals surface area (Å²) in [6.07, 6.45) is 4.38. The summed E-state index contributed by atoms with van der Waals surface area (Å²) in [6, 6.07) is 3.56. The molecule has 0 aliphatic carbocycles. The molecule has 1 aliphatic rings. The summed E-state index contributed by atoms with van der Waals surface area (Å²) in [4.78, 5) is 18.6. The molecule has 3 N–H and O–H groups in total. The van der Waals surface area contributed by atoms with Crippen LogP contribution in [-0.4, -0.2) is 47.1 Å². The zero-order valence-corrected chi connectivity index (χ0v) is 12.1. The zero-order chi connectivity index (χ0) is 15.1. The maximum absolute atomic E-state index is 12.6. The van der Waals surface area contributed by atoms with E-state index in [4.69, 9.17) is 10.8 Å². The van der Waals surface area contributed by atoms with Crippen LogP contribution in [0.4, 0.5) is 0 Å². The predicted molar refractivity (Wildman–Crippen MR) is 80.5 cm³/mol. The van der Waals surface area contributed by atoms with E-state index < -0.39 is 0 Å². The van der Waals surface area contributed by atoms with Crippen LogP contribution in [0.25, 0.3) is 0 Å². The second kappa shape index (κ2) is 7.77. The van der Waals surface area contributed by atoms with E-state index >= 15 is 0 Å². The smallest absolute Gasteiger partial charge is 0.273 e. The molecule has 1 atom stereocenters. The summed E-state index contributed by atoms with van der Waals surface area (Å²) < 4.78 is 0. The van der Waals surface area contributed by atoms with E-state index in [2.05, 4.69) is 16.8 Å². The van der Waals surface area contributed by atoms with Gasteiger partial charge in [0.15, 0.2) is 0 Å². The second-order valence-corrected chi connectivity index (χ2v) is 5.18. The third-order valence-corrected chi connectivity index (χ3v) is 3.68. The van der Waals surface area contributed by atoms with Gasteiger partial charge < -0.3 is 15.7 Å². The molecule has 0 saturated carbocycles. The number of nitrogens with zero attached hydrogens (tertiary/aromatic N) is 2. The van der Waals surface area contributed by atoms with E-state index in [0.29, 0.717) is 23.7 Å². The van der Waals surface area contributed by atoms with Crippen molar-refractivity contribution in [3.8, 4) is 11.8 Å². The minimum absolute atomic E-state index is 0.0837. The Kier molecular flexibility index (Phi) is 5.73. The molecule has 5 nitrogen and oxygen atoms in total. The standard InChI is InChI=1S/C16H21N3O2/c17-8-1-5-14-6-2-9-18-15(14)16(21)19-10-3-4-13(12-19)7-11-20/h2,6,9,13,20H,3-4,7-8,10-12,17H2. The van der Waals surface area contributed by atoms with E-state index in [1.165, 1.54) is 0 Å². The van der Waals surface area contributed by atoms with Gasteiger partial charge in [0.1, 0.15) is 5.69 Å². The first kappa shape index (κ1) is 15.5. The van der Waals surface area contributed by atoms with E-state index in [9.17, 15) is 4.79 Å². The Morgan fingerprint density at radius 3 is 3.19 bits per heavy atom. The van der Waals surface area contributed by atoms with Crippen molar-refractivity contribution >= 4 is 5.91 Å². The van der Waals surface area contributed by atoms with Gasteiger partial charge in [0, 0.05) is 25.9 Å². The number of pyridine rings is 1. The summed E-state index contributed by atoms with van der Waals surface area (Å²) in [5.41, 5.74) is 6.40. The van der Waals surface area contributed by atoms with Crippen molar-refractivity contribution in [3.05, 3.63) is 29.6 Å². The summed E-state index contributed by atoms with van der Waals surface area (Å²) in [7, 11) is 0. The van der Waals surface area contributed by atoms with Gasteiger partial charge in [0.05, 0.1) is 12.1 Å². The lowest BCUT2D eigenvalue weighted by Crippen LogP contribution is -2.40. The molecule has 21 heavy (non-hydrogen) atoms. The number of aliphatic hydroxyl groups excluding tert-OH is 1. The van der Waals surface area contributed by atoms with Crippen LogP contribution < -0.4 is 5.73 Å². The van der Waals surface area contributed by atoms with Crippen molar-refractivity contribution in [2.75, 3.05) is 26.2 Å². The molecule has 0 aromatic carbocycles. The second-order valence-electron chi connectivity index (χ2n) is 5.18. The fraction of sp³-hybridized carbons (Fsp3) is 0.500. The van der Waals surface area contributed by atoms with Crippen molar-refractivity contribution in [3.63, 3.8) is 0 Å². The molecule has 0 spiro atoms. The number of aromatic nitrogens is 1. The fourth-order valence-corrected chi connectivity index (χ4v) is 2.64. The lowest BCUT2D eigenvalue weighted by atomic mass is 9.95. The number of rotatable bonds is 3. The average molecular weight is 287 g/mol. The third-order valence-electron chi connectivity index (χ3n) is 3.68. The number of carbonyl (C=O) groups is 1. The molecule has 2 rings (SSSR count). The molecule has 1 aromatic rings. The molecule has 0 radical (unpaired) electrons. The van der Waals surface area contributed by atoms with Crippen LogP contribution in [0.1, 0.15) is 35.3 Å². The van der Waals surface area contributed by atoms with E-state index in [1.807, 2.05) is 4.90 Å². The van der Waals surface area contributed by atoms with Gasteiger partial charge in [0.2, 0.25) is 0 Å². The molecule has 1 aromatic heterocycles. The molecule has 2 heterocycles. The van der Waals surface area contributed by atoms with Gasteiger partial charge in [-0.1, -0.05) is 11.8 Å². The highest BCUT2D eigenvalue weighted by Gasteiger charge is 2.26. The minimum atomic E-state index is -0.0837. The Morgan fingerprint density at radius 2 is 2.43 bits per heavy atom. The molecule has 5 heteroatoms. The first-order chi connectivity index (χ1) is 10.3. The molecular weight excluding hydrogens is 266 g/mol. The van der Waals surface area contributed by atoms with Crippen molar-refractivity contribution in [2.45, 2.75) is 19.3 Å². The van der Waals surface area contributed by atoms with Crippen molar-refractivity contribution in [1.29, 1.82) is 0 Å². The lowest BCUT2D eigenvalue weighted by molar-refractivity contribution is 0.0647. The number of likely N-dealkylation sites (tertiary alicyclic amines) is 1. The Bertz CT molecular complexity index is 546. The molecule has 1 unspecified atom stereocenters. The Hall–Kier alpha value is -1.90. The van der Waals surface area contributed by atoms with Crippen LogP contribution in [-0.2, 0) is 0 Å². The quantitative estimate of drug-likeness (QED) is 0.799. The normalized spacial score (nSPS) is 18.0. The summed E-state index contributed by atoms with van der Waals surface area (Å²) >= 11 is 0. The SMILES string of the molecule is NCC#Cc1cccnc1C(=O)N1CCCC(CCO)C1. The summed E-state index contributed by atoms with van der Waals surface area (Å²) in [6.45, 7) is 1.84. The highest BCUT2D eigenvalue weighted by molar-refractivity contribution is 5.94. The summed E-state index contributed by atoms with van der Waals surface area (Å²) in [5, 5.41) is 9.06. The maximum Gasteiger partial charge on any atom is 0.273 e. The number of hydrogen-bond donors (Lipinski definition) is 2. The number of piperidine rings is 1. The van der Waals surface area contributed by atoms with Crippen molar-refractivity contribution in [1.82, 2.24) is 9.88 Å². The highest BCUT2D eigenvalue weighted by Crippen LogP contribution is 2.21. The zero-order valence-electron chi connectivity index (χ0n) is 12.1. The molecule has 1 aliphatic heterocycles. The van der Waals surface area contributed by atoms with Gasteiger partial charge in [-0.3, -0.25) is 4.79 Å². The van der Waals surface area contributed by atoms with Crippen LogP contribution in [0, 0.1) is 17.8 Å². The Morgan fingerprint density at radius 1 is 1.57 bits per heavy atom. The predicted octanol–water partition coefficient (Wildman–Crippen LogP) is 0.626. The number of amides is 1. The van der Waals surface area contributed by atoms with E-state index in [-0.39, 0.29) is 19.1 Å².